The topological polar surface area (TPSA) is 52.6 Å². The summed E-state index contributed by atoms with van der Waals surface area (Å²) in [6.45, 7) is 9.25. The normalized spacial score (nSPS) is 43.9. The molecule has 8 atom stereocenters. The van der Waals surface area contributed by atoms with E-state index < -0.39 is 0 Å². The Morgan fingerprint density at radius 3 is 2.72 bits per heavy atom. The summed E-state index contributed by atoms with van der Waals surface area (Å²) in [6.07, 6.45) is 14.9. The first kappa shape index (κ1) is 22.2. The quantitative estimate of drug-likeness (QED) is 0.397. The predicted molar refractivity (Wildman–Crippen MR) is 124 cm³/mol. The van der Waals surface area contributed by atoms with Crippen LogP contribution in [-0.2, 0) is 19.1 Å². The van der Waals surface area contributed by atoms with Gasteiger partial charge in [0.15, 0.2) is 12.4 Å². The van der Waals surface area contributed by atoms with Gasteiger partial charge in [-0.2, -0.15) is 0 Å². The van der Waals surface area contributed by atoms with Crippen LogP contribution in [0.15, 0.2) is 23.5 Å². The summed E-state index contributed by atoms with van der Waals surface area (Å²) in [4.78, 5) is 23.1. The largest absolute Gasteiger partial charge is 0.490 e. The van der Waals surface area contributed by atoms with Crippen LogP contribution in [0.3, 0.4) is 0 Å². The number of rotatable bonds is 4. The fourth-order valence-electron chi connectivity index (χ4n) is 8.94. The molecule has 0 aromatic carbocycles. The van der Waals surface area contributed by atoms with Crippen molar-refractivity contribution in [1.82, 2.24) is 0 Å². The molecule has 3 saturated carbocycles. The second-order valence-corrected chi connectivity index (χ2v) is 12.0. The Bertz CT molecular complexity index is 855. The lowest BCUT2D eigenvalue weighted by Gasteiger charge is -2.58. The Hall–Kier alpha value is -1.58. The van der Waals surface area contributed by atoms with Crippen molar-refractivity contribution in [3.8, 4) is 0 Å². The molecule has 1 aliphatic heterocycles. The second kappa shape index (κ2) is 8.02. The second-order valence-electron chi connectivity index (χ2n) is 12.0. The van der Waals surface area contributed by atoms with E-state index in [1.54, 1.807) is 11.6 Å². The zero-order chi connectivity index (χ0) is 22.7. The highest BCUT2D eigenvalue weighted by Crippen LogP contribution is 2.67. The van der Waals surface area contributed by atoms with Crippen LogP contribution in [0, 0.1) is 40.4 Å². The van der Waals surface area contributed by atoms with E-state index in [2.05, 4.69) is 26.8 Å². The monoisotopic (exact) mass is 440 g/mol. The van der Waals surface area contributed by atoms with Gasteiger partial charge in [-0.15, -0.1) is 0 Å². The summed E-state index contributed by atoms with van der Waals surface area (Å²) >= 11 is 0. The van der Waals surface area contributed by atoms with Crippen LogP contribution in [0.1, 0.15) is 85.5 Å². The summed E-state index contributed by atoms with van der Waals surface area (Å²) in [5.41, 5.74) is 2.26. The number of carbonyl (C=O) groups excluding carboxylic acids is 2. The highest BCUT2D eigenvalue weighted by Gasteiger charge is 2.59. The van der Waals surface area contributed by atoms with Crippen molar-refractivity contribution in [3.63, 3.8) is 0 Å². The van der Waals surface area contributed by atoms with Crippen molar-refractivity contribution < 1.29 is 19.1 Å². The molecule has 0 spiro atoms. The summed E-state index contributed by atoms with van der Waals surface area (Å²) in [5.74, 6) is 4.51. The van der Waals surface area contributed by atoms with Gasteiger partial charge in [0.1, 0.15) is 11.9 Å². The van der Waals surface area contributed by atoms with E-state index in [4.69, 9.17) is 9.47 Å². The van der Waals surface area contributed by atoms with Gasteiger partial charge in [-0.25, -0.2) is 0 Å². The molecule has 0 aromatic heterocycles. The van der Waals surface area contributed by atoms with Crippen LogP contribution >= 0.6 is 0 Å². The fourth-order valence-corrected chi connectivity index (χ4v) is 8.94. The molecule has 0 radical (unpaired) electrons. The molecule has 1 heterocycles. The molecule has 0 saturated heterocycles. The van der Waals surface area contributed by atoms with Crippen LogP contribution in [-0.4, -0.2) is 24.5 Å². The van der Waals surface area contributed by atoms with Gasteiger partial charge >= 0.3 is 5.97 Å². The third kappa shape index (κ3) is 3.56. The van der Waals surface area contributed by atoms with Gasteiger partial charge in [-0.1, -0.05) is 32.4 Å². The first-order valence-corrected chi connectivity index (χ1v) is 12.9. The molecule has 0 unspecified atom stereocenters. The Labute approximate surface area is 193 Å². The SMILES string of the molecule is CC(=O)O[C@H]1CC[C@@]2(C)C(=CC[C@H]3[C@@H]4CC[C@H]([C@H](C)CC5=CC(=O)CO5)[C@@]4(C)CC[C@@H]32)C1. The average Bonchev–Trinajstić information content (AvgIpc) is 3.30. The summed E-state index contributed by atoms with van der Waals surface area (Å²) in [6, 6.07) is 0. The lowest BCUT2D eigenvalue weighted by Crippen LogP contribution is -2.51. The summed E-state index contributed by atoms with van der Waals surface area (Å²) < 4.78 is 11.2. The minimum absolute atomic E-state index is 0.0768. The summed E-state index contributed by atoms with van der Waals surface area (Å²) in [5, 5.41) is 0. The Morgan fingerprint density at radius 1 is 1.19 bits per heavy atom. The maximum Gasteiger partial charge on any atom is 0.302 e. The lowest BCUT2D eigenvalue weighted by molar-refractivity contribution is -0.148. The maximum absolute atomic E-state index is 11.6. The molecule has 5 rings (SSSR count). The van der Waals surface area contributed by atoms with E-state index in [1.165, 1.54) is 39.0 Å². The van der Waals surface area contributed by atoms with Crippen molar-refractivity contribution in [1.29, 1.82) is 0 Å². The first-order chi connectivity index (χ1) is 15.2. The van der Waals surface area contributed by atoms with Crippen molar-refractivity contribution in [2.24, 2.45) is 40.4 Å². The third-order valence-electron chi connectivity index (χ3n) is 10.4. The number of hydrogen-bond donors (Lipinski definition) is 0. The molecule has 176 valence electrons. The van der Waals surface area contributed by atoms with E-state index >= 15 is 0 Å². The predicted octanol–water partition coefficient (Wildman–Crippen LogP) is 6.01. The minimum atomic E-state index is -0.143. The van der Waals surface area contributed by atoms with E-state index in [1.807, 2.05) is 0 Å². The van der Waals surface area contributed by atoms with Crippen LogP contribution in [0.4, 0.5) is 0 Å². The van der Waals surface area contributed by atoms with Crippen molar-refractivity contribution >= 4 is 11.8 Å². The molecule has 0 bridgehead atoms. The smallest absolute Gasteiger partial charge is 0.302 e. The lowest BCUT2D eigenvalue weighted by atomic mass is 9.47. The zero-order valence-corrected chi connectivity index (χ0v) is 20.3. The highest BCUT2D eigenvalue weighted by molar-refractivity contribution is 5.92. The fraction of sp³-hybridized carbons (Fsp3) is 0.786. The van der Waals surface area contributed by atoms with E-state index in [0.29, 0.717) is 17.3 Å². The molecule has 0 aromatic rings. The molecule has 0 N–H and O–H groups in total. The van der Waals surface area contributed by atoms with E-state index in [-0.39, 0.29) is 29.9 Å². The van der Waals surface area contributed by atoms with E-state index in [0.717, 1.165) is 49.2 Å². The molecule has 3 fully saturated rings. The van der Waals surface area contributed by atoms with E-state index in [9.17, 15) is 9.59 Å². The van der Waals surface area contributed by atoms with Gasteiger partial charge in [-0.3, -0.25) is 9.59 Å². The molecular weight excluding hydrogens is 400 g/mol. The van der Waals surface area contributed by atoms with Gasteiger partial charge in [0.2, 0.25) is 0 Å². The van der Waals surface area contributed by atoms with Crippen LogP contribution in [0.5, 0.6) is 0 Å². The third-order valence-corrected chi connectivity index (χ3v) is 10.4. The number of ketones is 1. The maximum atomic E-state index is 11.6. The molecule has 4 nitrogen and oxygen atoms in total. The number of carbonyl (C=O) groups is 2. The summed E-state index contributed by atoms with van der Waals surface area (Å²) in [7, 11) is 0. The van der Waals surface area contributed by atoms with Gasteiger partial charge in [0.05, 0.1) is 0 Å². The van der Waals surface area contributed by atoms with Gasteiger partial charge in [0, 0.05) is 25.8 Å². The Kier molecular flexibility index (Phi) is 5.57. The number of esters is 1. The van der Waals surface area contributed by atoms with Crippen molar-refractivity contribution in [2.45, 2.75) is 91.6 Å². The minimum Gasteiger partial charge on any atom is -0.490 e. The average molecular weight is 441 g/mol. The molecule has 5 aliphatic rings. The number of fused-ring (bicyclic) bond motifs is 5. The number of ether oxygens (including phenoxy) is 2. The number of hydrogen-bond acceptors (Lipinski definition) is 4. The van der Waals surface area contributed by atoms with Crippen molar-refractivity contribution in [3.05, 3.63) is 23.5 Å². The van der Waals surface area contributed by atoms with Crippen molar-refractivity contribution in [2.75, 3.05) is 6.61 Å². The van der Waals surface area contributed by atoms with Crippen LogP contribution in [0.25, 0.3) is 0 Å². The Balaban J connectivity index is 1.32. The molecule has 32 heavy (non-hydrogen) atoms. The Morgan fingerprint density at radius 2 is 2.00 bits per heavy atom. The molecule has 4 aliphatic carbocycles. The van der Waals surface area contributed by atoms with Gasteiger partial charge in [-0.05, 0) is 85.4 Å². The molecule has 4 heteroatoms. The van der Waals surface area contributed by atoms with Crippen LogP contribution in [0.2, 0.25) is 0 Å². The number of allylic oxidation sites excluding steroid dienone is 2. The zero-order valence-electron chi connectivity index (χ0n) is 20.3. The van der Waals surface area contributed by atoms with Gasteiger partial charge in [0.25, 0.3) is 0 Å². The van der Waals surface area contributed by atoms with Crippen LogP contribution < -0.4 is 0 Å². The van der Waals surface area contributed by atoms with Gasteiger partial charge < -0.3 is 9.47 Å². The first-order valence-electron chi connectivity index (χ1n) is 12.9. The molecular formula is C28H40O4. The highest BCUT2D eigenvalue weighted by atomic mass is 16.5. The standard InChI is InChI=1S/C28H40O4/c1-17(13-22-15-20(30)16-31-22)24-7-8-25-23-6-5-19-14-21(32-18(2)29)9-11-27(19,3)26(23)10-12-28(24,25)4/h5,15,17,21,23-26H,6-14,16H2,1-4H3/t17-,21+,23+,24-,25+,26+,27+,28-/m1/s1. The molecule has 0 amide bonds.